The Labute approximate surface area is 150 Å². The van der Waals surface area contributed by atoms with Gasteiger partial charge in [-0.15, -0.1) is 0 Å². The van der Waals surface area contributed by atoms with Crippen LogP contribution >= 0.6 is 0 Å². The van der Waals surface area contributed by atoms with Crippen LogP contribution in [-0.4, -0.2) is 36.2 Å². The molecule has 0 aliphatic heterocycles. The number of hydrogen-bond acceptors (Lipinski definition) is 5. The molecule has 27 heavy (non-hydrogen) atoms. The van der Waals surface area contributed by atoms with Gasteiger partial charge in [-0.2, -0.15) is 23.4 Å². The van der Waals surface area contributed by atoms with E-state index in [0.29, 0.717) is 11.1 Å². The highest BCUT2D eigenvalue weighted by atomic mass is 19.4. The van der Waals surface area contributed by atoms with Crippen molar-refractivity contribution in [2.75, 3.05) is 5.32 Å². The summed E-state index contributed by atoms with van der Waals surface area (Å²) in [6.45, 7) is 3.58. The third kappa shape index (κ3) is 3.45. The van der Waals surface area contributed by atoms with Crippen LogP contribution in [0.3, 0.4) is 0 Å². The maximum atomic E-state index is 13.2. The number of primary amides is 1. The molecule has 3 heterocycles. The molecule has 0 fully saturated rings. The van der Waals surface area contributed by atoms with Crippen molar-refractivity contribution in [2.45, 2.75) is 26.6 Å². The molecular formula is C15H14F3N7O2. The van der Waals surface area contributed by atoms with Gasteiger partial charge in [0.15, 0.2) is 17.0 Å². The smallest absolute Gasteiger partial charge is 0.364 e. The van der Waals surface area contributed by atoms with Gasteiger partial charge in [-0.3, -0.25) is 14.3 Å². The topological polar surface area (TPSA) is 120 Å². The molecule has 0 bridgehead atoms. The van der Waals surface area contributed by atoms with Gasteiger partial charge in [-0.25, -0.2) is 9.50 Å². The number of fused-ring (bicyclic) bond motifs is 1. The van der Waals surface area contributed by atoms with Gasteiger partial charge in [0.1, 0.15) is 5.69 Å². The summed E-state index contributed by atoms with van der Waals surface area (Å²) in [6.07, 6.45) is -3.29. The van der Waals surface area contributed by atoms with E-state index in [9.17, 15) is 22.8 Å². The molecule has 3 N–H and O–H groups in total. The number of alkyl halides is 3. The van der Waals surface area contributed by atoms with E-state index in [1.165, 1.54) is 17.8 Å². The van der Waals surface area contributed by atoms with Crippen LogP contribution < -0.4 is 11.1 Å². The van der Waals surface area contributed by atoms with Crippen molar-refractivity contribution in [3.8, 4) is 0 Å². The third-order valence-corrected chi connectivity index (χ3v) is 3.65. The van der Waals surface area contributed by atoms with E-state index in [-0.39, 0.29) is 28.4 Å². The SMILES string of the molecule is CCn1cc(NC(=O)c2cc3nc(C)cc(C(F)(F)F)n3n2)c(C(N)=O)n1. The van der Waals surface area contributed by atoms with Crippen LogP contribution in [0.5, 0.6) is 0 Å². The maximum Gasteiger partial charge on any atom is 0.433 e. The first kappa shape index (κ1) is 18.4. The summed E-state index contributed by atoms with van der Waals surface area (Å²) in [5, 5.41) is 10.0. The molecule has 0 unspecified atom stereocenters. The zero-order valence-corrected chi connectivity index (χ0v) is 14.2. The molecule has 12 heteroatoms. The van der Waals surface area contributed by atoms with Crippen molar-refractivity contribution < 1.29 is 22.8 Å². The number of anilines is 1. The standard InChI is InChI=1S/C15H14F3N7O2/c1-3-24-6-9(12(23-24)13(19)26)21-14(27)8-5-11-20-7(2)4-10(15(16,17)18)25(11)22-8/h4-6H,3H2,1-2H3,(H2,19,26)(H,21,27). The average Bonchev–Trinajstić information content (AvgIpc) is 3.16. The average molecular weight is 381 g/mol. The fourth-order valence-electron chi connectivity index (χ4n) is 2.46. The predicted octanol–water partition coefficient (Wildman–Crippen LogP) is 1.62. The number of nitrogens with zero attached hydrogens (tertiary/aromatic N) is 5. The van der Waals surface area contributed by atoms with Crippen LogP contribution in [-0.2, 0) is 12.7 Å². The molecule has 0 aliphatic carbocycles. The molecule has 0 saturated heterocycles. The number of rotatable bonds is 4. The Hall–Kier alpha value is -3.44. The molecule has 3 rings (SSSR count). The molecule has 0 radical (unpaired) electrons. The summed E-state index contributed by atoms with van der Waals surface area (Å²) in [5.74, 6) is -1.69. The van der Waals surface area contributed by atoms with E-state index >= 15 is 0 Å². The van der Waals surface area contributed by atoms with E-state index in [1.54, 1.807) is 6.92 Å². The monoisotopic (exact) mass is 381 g/mol. The predicted molar refractivity (Wildman–Crippen MR) is 87.1 cm³/mol. The van der Waals surface area contributed by atoms with E-state index in [0.717, 1.165) is 12.1 Å². The summed E-state index contributed by atoms with van der Waals surface area (Å²) in [4.78, 5) is 27.8. The zero-order chi connectivity index (χ0) is 19.9. The molecule has 0 aliphatic rings. The number of nitrogens with one attached hydrogen (secondary N) is 1. The molecule has 3 aromatic rings. The first-order valence-corrected chi connectivity index (χ1v) is 7.73. The van der Waals surface area contributed by atoms with Crippen LogP contribution in [0.2, 0.25) is 0 Å². The number of hydrogen-bond donors (Lipinski definition) is 2. The van der Waals surface area contributed by atoms with E-state index < -0.39 is 23.7 Å². The molecule has 0 atom stereocenters. The first-order chi connectivity index (χ1) is 12.6. The zero-order valence-electron chi connectivity index (χ0n) is 14.2. The van der Waals surface area contributed by atoms with Crippen LogP contribution in [0.4, 0.5) is 18.9 Å². The summed E-state index contributed by atoms with van der Waals surface area (Å²) < 4.78 is 41.5. The summed E-state index contributed by atoms with van der Waals surface area (Å²) >= 11 is 0. The van der Waals surface area contributed by atoms with Gasteiger partial charge in [0, 0.05) is 24.5 Å². The lowest BCUT2D eigenvalue weighted by Crippen LogP contribution is -2.18. The van der Waals surface area contributed by atoms with E-state index in [1.807, 2.05) is 0 Å². The minimum absolute atomic E-state index is 0.0339. The number of amides is 2. The minimum Gasteiger partial charge on any atom is -0.364 e. The van der Waals surface area contributed by atoms with Crippen LogP contribution in [0.1, 0.15) is 39.3 Å². The van der Waals surface area contributed by atoms with Crippen LogP contribution in [0.15, 0.2) is 18.3 Å². The molecule has 0 saturated carbocycles. The molecule has 9 nitrogen and oxygen atoms in total. The van der Waals surface area contributed by atoms with Gasteiger partial charge in [0.2, 0.25) is 0 Å². The Morgan fingerprint density at radius 3 is 2.56 bits per heavy atom. The molecule has 0 aromatic carbocycles. The Morgan fingerprint density at radius 1 is 1.26 bits per heavy atom. The van der Waals surface area contributed by atoms with Gasteiger partial charge in [0.25, 0.3) is 11.8 Å². The fraction of sp³-hybridized carbons (Fsp3) is 0.267. The Bertz CT molecular complexity index is 1050. The van der Waals surface area contributed by atoms with Crippen molar-refractivity contribution in [2.24, 2.45) is 5.73 Å². The lowest BCUT2D eigenvalue weighted by molar-refractivity contribution is -0.142. The molecule has 142 valence electrons. The molecule has 0 spiro atoms. The highest BCUT2D eigenvalue weighted by molar-refractivity contribution is 6.07. The van der Waals surface area contributed by atoms with Crippen molar-refractivity contribution in [3.05, 3.63) is 41.1 Å². The highest BCUT2D eigenvalue weighted by Gasteiger charge is 2.35. The Balaban J connectivity index is 2.00. The van der Waals surface area contributed by atoms with Gasteiger partial charge < -0.3 is 11.1 Å². The summed E-state index contributed by atoms with van der Waals surface area (Å²) in [5.41, 5.74) is 3.72. The van der Waals surface area contributed by atoms with Gasteiger partial charge >= 0.3 is 6.18 Å². The second kappa shape index (κ2) is 6.37. The van der Waals surface area contributed by atoms with Crippen LogP contribution in [0, 0.1) is 6.92 Å². The number of aromatic nitrogens is 5. The molecule has 2 amide bonds. The Morgan fingerprint density at radius 2 is 1.96 bits per heavy atom. The lowest BCUT2D eigenvalue weighted by atomic mass is 10.3. The van der Waals surface area contributed by atoms with Gasteiger partial charge in [-0.1, -0.05) is 0 Å². The van der Waals surface area contributed by atoms with Crippen molar-refractivity contribution in [3.63, 3.8) is 0 Å². The third-order valence-electron chi connectivity index (χ3n) is 3.65. The second-order valence-corrected chi connectivity index (χ2v) is 5.65. The number of carbonyl (C=O) groups is 2. The second-order valence-electron chi connectivity index (χ2n) is 5.65. The maximum absolute atomic E-state index is 13.2. The highest BCUT2D eigenvalue weighted by Crippen LogP contribution is 2.30. The summed E-state index contributed by atoms with van der Waals surface area (Å²) in [6, 6.07) is 1.95. The fourth-order valence-corrected chi connectivity index (χ4v) is 2.46. The largest absolute Gasteiger partial charge is 0.433 e. The van der Waals surface area contributed by atoms with Crippen molar-refractivity contribution in [1.82, 2.24) is 24.4 Å². The normalized spacial score (nSPS) is 11.7. The van der Waals surface area contributed by atoms with Crippen molar-refractivity contribution in [1.29, 1.82) is 0 Å². The van der Waals surface area contributed by atoms with Crippen molar-refractivity contribution >= 4 is 23.1 Å². The number of nitrogens with two attached hydrogens (primary N) is 1. The summed E-state index contributed by atoms with van der Waals surface area (Å²) in [7, 11) is 0. The molecular weight excluding hydrogens is 367 g/mol. The molecule has 3 aromatic heterocycles. The van der Waals surface area contributed by atoms with Gasteiger partial charge in [-0.05, 0) is 19.9 Å². The van der Waals surface area contributed by atoms with Crippen LogP contribution in [0.25, 0.3) is 5.65 Å². The number of carbonyl (C=O) groups excluding carboxylic acids is 2. The minimum atomic E-state index is -4.67. The number of aryl methyl sites for hydroxylation is 2. The Kier molecular flexibility index (Phi) is 4.33. The first-order valence-electron chi connectivity index (χ1n) is 7.73. The lowest BCUT2D eigenvalue weighted by Gasteiger charge is -2.09. The van der Waals surface area contributed by atoms with E-state index in [4.69, 9.17) is 5.73 Å². The van der Waals surface area contributed by atoms with Gasteiger partial charge in [0.05, 0.1) is 5.69 Å². The quantitative estimate of drug-likeness (QED) is 0.712. The van der Waals surface area contributed by atoms with E-state index in [2.05, 4.69) is 20.5 Å². The number of halogens is 3.